The maximum Gasteiger partial charge on any atom is 0.254 e. The number of likely N-dealkylation sites (tertiary alicyclic amines) is 1. The minimum absolute atomic E-state index is 0.0152. The first-order valence-electron chi connectivity index (χ1n) is 12.0. The van der Waals surface area contributed by atoms with E-state index in [1.807, 2.05) is 34.9 Å². The van der Waals surface area contributed by atoms with Crippen LogP contribution in [0.5, 0.6) is 5.75 Å². The van der Waals surface area contributed by atoms with Gasteiger partial charge in [-0.25, -0.2) is 9.97 Å². The predicted molar refractivity (Wildman–Crippen MR) is 138 cm³/mol. The lowest BCUT2D eigenvalue weighted by molar-refractivity contribution is -0.129. The molecular formula is C25H32ClN5O3S. The fourth-order valence-electron chi connectivity index (χ4n) is 4.48. The molecule has 2 fully saturated rings. The lowest BCUT2D eigenvalue weighted by Crippen LogP contribution is -2.54. The van der Waals surface area contributed by atoms with Crippen LogP contribution in [0.4, 0.5) is 5.82 Å². The molecule has 0 bridgehead atoms. The SMILES string of the molecule is COc1cccc(C(=O)N2CCN(c3cc(Cl)nc(SCC(=O)N4CCC(C)CC4)n3)CC2C)c1. The number of halogens is 1. The van der Waals surface area contributed by atoms with Crippen LogP contribution in [0.3, 0.4) is 0 Å². The van der Waals surface area contributed by atoms with Crippen molar-refractivity contribution in [1.82, 2.24) is 19.8 Å². The lowest BCUT2D eigenvalue weighted by atomic mass is 9.99. The number of anilines is 1. The average Bonchev–Trinajstić information content (AvgIpc) is 2.87. The lowest BCUT2D eigenvalue weighted by Gasteiger charge is -2.40. The zero-order valence-corrected chi connectivity index (χ0v) is 22.0. The molecule has 10 heteroatoms. The summed E-state index contributed by atoms with van der Waals surface area (Å²) < 4.78 is 5.26. The van der Waals surface area contributed by atoms with E-state index in [2.05, 4.69) is 21.8 Å². The minimum atomic E-state index is -0.0182. The van der Waals surface area contributed by atoms with Crippen molar-refractivity contribution in [2.75, 3.05) is 50.5 Å². The van der Waals surface area contributed by atoms with E-state index in [4.69, 9.17) is 16.3 Å². The molecule has 3 heterocycles. The molecule has 1 unspecified atom stereocenters. The Labute approximate surface area is 216 Å². The summed E-state index contributed by atoms with van der Waals surface area (Å²) in [6.07, 6.45) is 2.11. The van der Waals surface area contributed by atoms with Gasteiger partial charge in [-0.15, -0.1) is 0 Å². The number of nitrogens with zero attached hydrogens (tertiary/aromatic N) is 5. The number of carbonyl (C=O) groups is 2. The minimum Gasteiger partial charge on any atom is -0.497 e. The van der Waals surface area contributed by atoms with Crippen molar-refractivity contribution in [3.05, 3.63) is 41.0 Å². The van der Waals surface area contributed by atoms with Crippen LogP contribution in [0.2, 0.25) is 5.15 Å². The maximum absolute atomic E-state index is 13.1. The van der Waals surface area contributed by atoms with Crippen molar-refractivity contribution in [1.29, 1.82) is 0 Å². The van der Waals surface area contributed by atoms with E-state index in [0.29, 0.717) is 58.7 Å². The molecule has 1 aromatic carbocycles. The van der Waals surface area contributed by atoms with E-state index >= 15 is 0 Å². The first kappa shape index (κ1) is 25.6. The van der Waals surface area contributed by atoms with E-state index in [-0.39, 0.29) is 17.9 Å². The maximum atomic E-state index is 13.1. The van der Waals surface area contributed by atoms with Crippen molar-refractivity contribution in [2.24, 2.45) is 5.92 Å². The van der Waals surface area contributed by atoms with Gasteiger partial charge in [0.1, 0.15) is 16.7 Å². The van der Waals surface area contributed by atoms with Gasteiger partial charge in [0.25, 0.3) is 5.91 Å². The fourth-order valence-corrected chi connectivity index (χ4v) is 5.46. The summed E-state index contributed by atoms with van der Waals surface area (Å²) in [5.74, 6) is 2.46. The number of thioether (sulfide) groups is 1. The van der Waals surface area contributed by atoms with Gasteiger partial charge in [-0.3, -0.25) is 9.59 Å². The summed E-state index contributed by atoms with van der Waals surface area (Å²) in [7, 11) is 1.59. The Morgan fingerprint density at radius 3 is 2.60 bits per heavy atom. The monoisotopic (exact) mass is 517 g/mol. The summed E-state index contributed by atoms with van der Waals surface area (Å²) in [4.78, 5) is 40.6. The molecule has 8 nitrogen and oxygen atoms in total. The third-order valence-electron chi connectivity index (χ3n) is 6.65. The highest BCUT2D eigenvalue weighted by Gasteiger charge is 2.29. The second-order valence-electron chi connectivity index (χ2n) is 9.21. The smallest absolute Gasteiger partial charge is 0.254 e. The van der Waals surface area contributed by atoms with Crippen molar-refractivity contribution in [3.8, 4) is 5.75 Å². The van der Waals surface area contributed by atoms with Gasteiger partial charge >= 0.3 is 0 Å². The van der Waals surface area contributed by atoms with E-state index in [1.54, 1.807) is 19.2 Å². The van der Waals surface area contributed by atoms with Gasteiger partial charge in [0.2, 0.25) is 5.91 Å². The molecule has 0 spiro atoms. The Balaban J connectivity index is 1.37. The Bertz CT molecular complexity index is 1060. The van der Waals surface area contributed by atoms with Crippen LogP contribution in [0.1, 0.15) is 37.0 Å². The second kappa shape index (κ2) is 11.5. The highest BCUT2D eigenvalue weighted by molar-refractivity contribution is 7.99. The summed E-state index contributed by atoms with van der Waals surface area (Å²) in [5.41, 5.74) is 0.612. The van der Waals surface area contributed by atoms with Crippen LogP contribution in [0, 0.1) is 5.92 Å². The molecule has 0 N–H and O–H groups in total. The van der Waals surface area contributed by atoms with Crippen LogP contribution in [-0.4, -0.2) is 83.2 Å². The van der Waals surface area contributed by atoms with Gasteiger partial charge in [-0.2, -0.15) is 0 Å². The highest BCUT2D eigenvalue weighted by atomic mass is 35.5. The number of piperazine rings is 1. The number of amides is 2. The largest absolute Gasteiger partial charge is 0.497 e. The Morgan fingerprint density at radius 2 is 1.89 bits per heavy atom. The molecule has 4 rings (SSSR count). The van der Waals surface area contributed by atoms with Crippen LogP contribution in [0.15, 0.2) is 35.5 Å². The van der Waals surface area contributed by atoms with Gasteiger partial charge in [0, 0.05) is 50.4 Å². The third-order valence-corrected chi connectivity index (χ3v) is 7.68. The number of rotatable bonds is 6. The predicted octanol–water partition coefficient (Wildman–Crippen LogP) is 3.84. The number of hydrogen-bond donors (Lipinski definition) is 0. The van der Waals surface area contributed by atoms with Gasteiger partial charge < -0.3 is 19.4 Å². The summed E-state index contributed by atoms with van der Waals surface area (Å²) >= 11 is 7.63. The summed E-state index contributed by atoms with van der Waals surface area (Å²) in [5, 5.41) is 0.841. The van der Waals surface area contributed by atoms with Crippen LogP contribution >= 0.6 is 23.4 Å². The molecular weight excluding hydrogens is 486 g/mol. The molecule has 0 radical (unpaired) electrons. The summed E-state index contributed by atoms with van der Waals surface area (Å²) in [6, 6.07) is 8.95. The number of benzene rings is 1. The molecule has 2 aliphatic heterocycles. The molecule has 188 valence electrons. The highest BCUT2D eigenvalue weighted by Crippen LogP contribution is 2.26. The number of carbonyl (C=O) groups excluding carboxylic acids is 2. The standard InChI is InChI=1S/C25H32ClN5O3S/c1-17-7-9-29(10-8-17)23(32)16-35-25-27-21(26)14-22(28-25)30-11-12-31(18(2)15-30)24(33)19-5-4-6-20(13-19)34-3/h4-6,13-14,17-18H,7-12,15-16H2,1-3H3. The first-order chi connectivity index (χ1) is 16.8. The normalized spacial score (nSPS) is 19.1. The molecule has 35 heavy (non-hydrogen) atoms. The number of piperidine rings is 1. The van der Waals surface area contributed by atoms with E-state index in [0.717, 1.165) is 25.9 Å². The van der Waals surface area contributed by atoms with Gasteiger partial charge in [-0.05, 0) is 43.9 Å². The van der Waals surface area contributed by atoms with E-state index < -0.39 is 0 Å². The Morgan fingerprint density at radius 1 is 1.11 bits per heavy atom. The van der Waals surface area contributed by atoms with Crippen LogP contribution in [0.25, 0.3) is 0 Å². The molecule has 0 saturated carbocycles. The number of ether oxygens (including phenoxy) is 1. The number of hydrogen-bond acceptors (Lipinski definition) is 7. The van der Waals surface area contributed by atoms with Crippen LogP contribution in [-0.2, 0) is 4.79 Å². The zero-order chi connectivity index (χ0) is 24.9. The Hall–Kier alpha value is -2.52. The molecule has 2 aromatic rings. The molecule has 0 aliphatic carbocycles. The molecule has 2 amide bonds. The fraction of sp³-hybridized carbons (Fsp3) is 0.520. The van der Waals surface area contributed by atoms with E-state index in [9.17, 15) is 9.59 Å². The van der Waals surface area contributed by atoms with Crippen molar-refractivity contribution in [2.45, 2.75) is 37.9 Å². The van der Waals surface area contributed by atoms with Gasteiger partial charge in [0.15, 0.2) is 5.16 Å². The number of methoxy groups -OCH3 is 1. The van der Waals surface area contributed by atoms with Crippen molar-refractivity contribution in [3.63, 3.8) is 0 Å². The molecule has 1 aromatic heterocycles. The zero-order valence-electron chi connectivity index (χ0n) is 20.4. The quantitative estimate of drug-likeness (QED) is 0.327. The number of aromatic nitrogens is 2. The third kappa shape index (κ3) is 6.38. The van der Waals surface area contributed by atoms with Crippen LogP contribution < -0.4 is 9.64 Å². The van der Waals surface area contributed by atoms with Gasteiger partial charge in [0.05, 0.1) is 12.9 Å². The second-order valence-corrected chi connectivity index (χ2v) is 10.5. The van der Waals surface area contributed by atoms with E-state index in [1.165, 1.54) is 11.8 Å². The summed E-state index contributed by atoms with van der Waals surface area (Å²) in [6.45, 7) is 7.71. The molecule has 1 atom stereocenters. The van der Waals surface area contributed by atoms with Gasteiger partial charge in [-0.1, -0.05) is 36.4 Å². The molecule has 2 aliphatic rings. The van der Waals surface area contributed by atoms with Crippen molar-refractivity contribution >= 4 is 41.0 Å². The van der Waals surface area contributed by atoms with Crippen molar-refractivity contribution < 1.29 is 14.3 Å². The Kier molecular flexibility index (Phi) is 8.38. The molecule has 2 saturated heterocycles. The average molecular weight is 518 g/mol. The first-order valence-corrected chi connectivity index (χ1v) is 13.4. The topological polar surface area (TPSA) is 78.9 Å².